The first kappa shape index (κ1) is 23.9. The zero-order valence-corrected chi connectivity index (χ0v) is 21.7. The van der Waals surface area contributed by atoms with Gasteiger partial charge in [0.15, 0.2) is 0 Å². The predicted octanol–water partition coefficient (Wildman–Crippen LogP) is 5.96. The summed E-state index contributed by atoms with van der Waals surface area (Å²) in [6.45, 7) is 13.9. The van der Waals surface area contributed by atoms with Gasteiger partial charge in [-0.25, -0.2) is 0 Å². The molecule has 1 unspecified atom stereocenters. The fourth-order valence-electron chi connectivity index (χ4n) is 10.4. The van der Waals surface area contributed by atoms with Gasteiger partial charge in [-0.05, 0) is 111 Å². The van der Waals surface area contributed by atoms with E-state index in [9.17, 15) is 20.1 Å². The third-order valence-electron chi connectivity index (χ3n) is 12.8. The number of rotatable bonds is 1. The van der Waals surface area contributed by atoms with Gasteiger partial charge >= 0.3 is 5.97 Å². The van der Waals surface area contributed by atoms with Gasteiger partial charge < -0.3 is 15.3 Å². The summed E-state index contributed by atoms with van der Waals surface area (Å²) in [6.07, 6.45) is 10.9. The highest BCUT2D eigenvalue weighted by molar-refractivity contribution is 5.76. The number of aliphatic hydroxyl groups is 2. The highest BCUT2D eigenvalue weighted by Crippen LogP contribution is 2.75. The number of carbonyl (C=O) groups is 1. The van der Waals surface area contributed by atoms with Crippen molar-refractivity contribution < 1.29 is 20.1 Å². The van der Waals surface area contributed by atoms with Crippen molar-refractivity contribution in [2.24, 2.45) is 44.8 Å². The lowest BCUT2D eigenvalue weighted by Gasteiger charge is -2.71. The van der Waals surface area contributed by atoms with Crippen molar-refractivity contribution in [1.82, 2.24) is 0 Å². The van der Waals surface area contributed by atoms with Crippen LogP contribution in [0, 0.1) is 44.8 Å². The molecule has 0 heterocycles. The molecule has 4 saturated carbocycles. The van der Waals surface area contributed by atoms with E-state index >= 15 is 0 Å². The van der Waals surface area contributed by atoms with Crippen molar-refractivity contribution in [3.05, 3.63) is 11.6 Å². The van der Waals surface area contributed by atoms with Crippen molar-refractivity contribution in [2.75, 3.05) is 0 Å². The highest BCUT2D eigenvalue weighted by Gasteiger charge is 2.69. The molecule has 5 rings (SSSR count). The average molecular weight is 459 g/mol. The second kappa shape index (κ2) is 6.87. The molecule has 9 atom stereocenters. The zero-order chi connectivity index (χ0) is 24.2. The van der Waals surface area contributed by atoms with Crippen LogP contribution in [0.2, 0.25) is 0 Å². The van der Waals surface area contributed by atoms with Crippen LogP contribution in [0.25, 0.3) is 0 Å². The average Bonchev–Trinajstić information content (AvgIpc) is 2.71. The minimum atomic E-state index is -0.784. The molecule has 4 heteroatoms. The van der Waals surface area contributed by atoms with E-state index in [2.05, 4.69) is 40.7 Å². The van der Waals surface area contributed by atoms with E-state index in [1.807, 2.05) is 6.92 Å². The number of allylic oxidation sites excluding steroid dienone is 2. The smallest absolute Gasteiger partial charge is 0.310 e. The number of carboxylic acids is 1. The molecule has 5 aliphatic rings. The predicted molar refractivity (Wildman–Crippen MR) is 130 cm³/mol. The lowest BCUT2D eigenvalue weighted by molar-refractivity contribution is -0.207. The summed E-state index contributed by atoms with van der Waals surface area (Å²) in [6, 6.07) is 0. The van der Waals surface area contributed by atoms with E-state index in [1.165, 1.54) is 5.57 Å². The Hall–Kier alpha value is -0.870. The van der Waals surface area contributed by atoms with Crippen LogP contribution in [0.5, 0.6) is 0 Å². The number of hydrogen-bond donors (Lipinski definition) is 3. The maximum absolute atomic E-state index is 12.7. The van der Waals surface area contributed by atoms with E-state index in [4.69, 9.17) is 0 Å². The SMILES string of the molecule is CC1(C)C2CC[C@]3(C)[C@H](CC=C4[C@@H]5C[C@](C)(O)CC[C@]5(C(=O)O)CC[C@]43C)[C@@]2(C)CC[C@@H]1O. The third-order valence-corrected chi connectivity index (χ3v) is 12.8. The van der Waals surface area contributed by atoms with Gasteiger partial charge in [-0.2, -0.15) is 0 Å². The Morgan fingerprint density at radius 1 is 0.909 bits per heavy atom. The highest BCUT2D eigenvalue weighted by atomic mass is 16.4. The summed E-state index contributed by atoms with van der Waals surface area (Å²) in [5.74, 6) is 0.343. The van der Waals surface area contributed by atoms with Crippen LogP contribution in [0.4, 0.5) is 0 Å². The van der Waals surface area contributed by atoms with Crippen molar-refractivity contribution in [3.8, 4) is 0 Å². The topological polar surface area (TPSA) is 77.8 Å². The molecular weight excluding hydrogens is 412 g/mol. The second-order valence-corrected chi connectivity index (χ2v) is 14.4. The summed E-state index contributed by atoms with van der Waals surface area (Å²) in [5, 5.41) is 32.3. The van der Waals surface area contributed by atoms with E-state index < -0.39 is 17.0 Å². The Kier molecular flexibility index (Phi) is 4.97. The summed E-state index contributed by atoms with van der Waals surface area (Å²) in [4.78, 5) is 12.7. The van der Waals surface area contributed by atoms with Crippen LogP contribution in [-0.4, -0.2) is 33.0 Å². The molecule has 186 valence electrons. The number of hydrogen-bond acceptors (Lipinski definition) is 3. The molecule has 3 N–H and O–H groups in total. The second-order valence-electron chi connectivity index (χ2n) is 14.4. The third kappa shape index (κ3) is 2.86. The van der Waals surface area contributed by atoms with Gasteiger partial charge in [-0.3, -0.25) is 4.79 Å². The maximum Gasteiger partial charge on any atom is 0.310 e. The fraction of sp³-hybridized carbons (Fsp3) is 0.897. The molecule has 33 heavy (non-hydrogen) atoms. The minimum absolute atomic E-state index is 0.0266. The van der Waals surface area contributed by atoms with E-state index in [0.29, 0.717) is 31.1 Å². The Labute approximate surface area is 200 Å². The molecule has 0 bridgehead atoms. The quantitative estimate of drug-likeness (QED) is 0.424. The minimum Gasteiger partial charge on any atom is -0.481 e. The summed E-state index contributed by atoms with van der Waals surface area (Å²) in [5.41, 5.74) is 0.0807. The van der Waals surface area contributed by atoms with E-state index in [-0.39, 0.29) is 33.7 Å². The summed E-state index contributed by atoms with van der Waals surface area (Å²) < 4.78 is 0. The van der Waals surface area contributed by atoms with Crippen molar-refractivity contribution in [1.29, 1.82) is 0 Å². The Morgan fingerprint density at radius 2 is 1.58 bits per heavy atom. The number of fused-ring (bicyclic) bond motifs is 7. The Morgan fingerprint density at radius 3 is 2.24 bits per heavy atom. The molecule has 5 aliphatic carbocycles. The van der Waals surface area contributed by atoms with Gasteiger partial charge in [-0.15, -0.1) is 0 Å². The maximum atomic E-state index is 12.7. The number of aliphatic carboxylic acids is 1. The molecule has 4 nitrogen and oxygen atoms in total. The first-order valence-electron chi connectivity index (χ1n) is 13.5. The lowest BCUT2D eigenvalue weighted by atomic mass is 9.33. The van der Waals surface area contributed by atoms with Gasteiger partial charge in [-0.1, -0.05) is 46.3 Å². The molecule has 0 aromatic heterocycles. The van der Waals surface area contributed by atoms with Crippen molar-refractivity contribution in [2.45, 2.75) is 117 Å². The molecule has 0 spiro atoms. The summed E-state index contributed by atoms with van der Waals surface area (Å²) >= 11 is 0. The Balaban J connectivity index is 1.60. The van der Waals surface area contributed by atoms with Gasteiger partial charge in [0.25, 0.3) is 0 Å². The zero-order valence-electron chi connectivity index (χ0n) is 21.7. The molecule has 0 saturated heterocycles. The molecule has 0 aromatic rings. The Bertz CT molecular complexity index is 888. The standard InChI is InChI=1S/C29H46O4/c1-24(2)20-9-12-28(6)21(26(20,4)11-10-22(24)30)8-7-18-19-17-25(3,33)13-15-29(19,23(31)32)16-14-27(18,28)5/h7,19-22,30,33H,8-17H2,1-6H3,(H,31,32)/t19-,20?,21+,22-,25+,26-,27+,28+,29-/m0/s1. The van der Waals surface area contributed by atoms with Gasteiger partial charge in [0.1, 0.15) is 0 Å². The largest absolute Gasteiger partial charge is 0.481 e. The van der Waals surface area contributed by atoms with Crippen molar-refractivity contribution >= 4 is 5.97 Å². The van der Waals surface area contributed by atoms with Crippen LogP contribution in [0.15, 0.2) is 11.6 Å². The molecule has 0 aromatic carbocycles. The van der Waals surface area contributed by atoms with Gasteiger partial charge in [0.2, 0.25) is 0 Å². The van der Waals surface area contributed by atoms with Crippen LogP contribution >= 0.6 is 0 Å². The fourth-order valence-corrected chi connectivity index (χ4v) is 10.4. The lowest BCUT2D eigenvalue weighted by Crippen LogP contribution is -2.65. The number of aliphatic hydroxyl groups excluding tert-OH is 1. The van der Waals surface area contributed by atoms with Crippen LogP contribution in [-0.2, 0) is 4.79 Å². The molecule has 0 aliphatic heterocycles. The van der Waals surface area contributed by atoms with Gasteiger partial charge in [0.05, 0.1) is 17.1 Å². The van der Waals surface area contributed by atoms with Gasteiger partial charge in [0, 0.05) is 0 Å². The monoisotopic (exact) mass is 458 g/mol. The molecule has 0 amide bonds. The summed E-state index contributed by atoms with van der Waals surface area (Å²) in [7, 11) is 0. The van der Waals surface area contributed by atoms with Crippen molar-refractivity contribution in [3.63, 3.8) is 0 Å². The molecule has 4 fully saturated rings. The van der Waals surface area contributed by atoms with E-state index in [1.54, 1.807) is 0 Å². The van der Waals surface area contributed by atoms with Crippen LogP contribution in [0.1, 0.15) is 106 Å². The first-order valence-corrected chi connectivity index (χ1v) is 13.5. The van der Waals surface area contributed by atoms with Crippen LogP contribution in [0.3, 0.4) is 0 Å². The van der Waals surface area contributed by atoms with Crippen LogP contribution < -0.4 is 0 Å². The number of carboxylic acid groups (broad SMARTS) is 1. The molecule has 0 radical (unpaired) electrons. The normalized spacial score (nSPS) is 55.3. The first-order chi connectivity index (χ1) is 15.1. The molecular formula is C29H46O4. The van der Waals surface area contributed by atoms with E-state index in [0.717, 1.165) is 44.9 Å².